The van der Waals surface area contributed by atoms with Crippen LogP contribution in [0.2, 0.25) is 5.02 Å². The lowest BCUT2D eigenvalue weighted by Crippen LogP contribution is -1.91. The molecule has 3 nitrogen and oxygen atoms in total. The third-order valence-corrected chi connectivity index (χ3v) is 4.52. The molecule has 0 aliphatic heterocycles. The fourth-order valence-corrected chi connectivity index (χ4v) is 3.20. The molecule has 5 heteroatoms. The second-order valence-electron chi connectivity index (χ2n) is 4.64. The minimum Gasteiger partial charge on any atom is -0.218 e. The summed E-state index contributed by atoms with van der Waals surface area (Å²) in [5.74, 6) is 0. The number of hydrogen-bond donors (Lipinski definition) is 0. The maximum absolute atomic E-state index is 5.92. The van der Waals surface area contributed by atoms with Crippen molar-refractivity contribution in [2.24, 2.45) is 0 Å². The molecular formula is C16H10ClN3S. The van der Waals surface area contributed by atoms with E-state index in [4.69, 9.17) is 11.6 Å². The number of nitrogens with zero attached hydrogens (tertiary/aromatic N) is 3. The molecule has 4 aromatic rings. The monoisotopic (exact) mass is 311 g/mol. The molecule has 0 unspecified atom stereocenters. The van der Waals surface area contributed by atoms with Gasteiger partial charge < -0.3 is 0 Å². The van der Waals surface area contributed by atoms with Crippen LogP contribution < -0.4 is 0 Å². The van der Waals surface area contributed by atoms with Crippen LogP contribution in [0.3, 0.4) is 0 Å². The van der Waals surface area contributed by atoms with Crippen LogP contribution in [0.1, 0.15) is 0 Å². The largest absolute Gasteiger partial charge is 0.218 e. The summed E-state index contributed by atoms with van der Waals surface area (Å²) in [4.78, 5) is 4.60. The molecule has 0 saturated carbocycles. The first-order valence-corrected chi connectivity index (χ1v) is 7.65. The standard InChI is InChI=1S/C16H10ClN3S/c17-13-7-5-11(6-8-13)12-9-18-20(10-12)16-19-14-3-1-2-4-15(14)21-16/h1-10H. The molecule has 0 fully saturated rings. The van der Waals surface area contributed by atoms with Crippen molar-refractivity contribution in [1.29, 1.82) is 0 Å². The van der Waals surface area contributed by atoms with Crippen LogP contribution in [-0.2, 0) is 0 Å². The Hall–Kier alpha value is -2.17. The predicted octanol–water partition coefficient (Wildman–Crippen LogP) is 4.80. The molecule has 0 saturated heterocycles. The molecule has 2 aromatic heterocycles. The molecule has 102 valence electrons. The van der Waals surface area contributed by atoms with E-state index in [2.05, 4.69) is 16.1 Å². The van der Waals surface area contributed by atoms with Crippen molar-refractivity contribution in [3.8, 4) is 16.3 Å². The van der Waals surface area contributed by atoms with Crippen molar-refractivity contribution >= 4 is 33.2 Å². The summed E-state index contributed by atoms with van der Waals surface area (Å²) in [6.45, 7) is 0. The van der Waals surface area contributed by atoms with E-state index >= 15 is 0 Å². The van der Waals surface area contributed by atoms with E-state index in [1.807, 2.05) is 59.5 Å². The number of thiazole rings is 1. The molecule has 0 spiro atoms. The Balaban J connectivity index is 1.75. The normalized spacial score (nSPS) is 11.1. The van der Waals surface area contributed by atoms with Gasteiger partial charge in [-0.3, -0.25) is 0 Å². The van der Waals surface area contributed by atoms with Gasteiger partial charge in [-0.1, -0.05) is 47.2 Å². The summed E-state index contributed by atoms with van der Waals surface area (Å²) in [5, 5.41) is 6.02. The molecule has 4 rings (SSSR count). The fraction of sp³-hybridized carbons (Fsp3) is 0. The van der Waals surface area contributed by atoms with Gasteiger partial charge in [0.05, 0.1) is 16.4 Å². The van der Waals surface area contributed by atoms with Gasteiger partial charge in [0.25, 0.3) is 0 Å². The van der Waals surface area contributed by atoms with Gasteiger partial charge >= 0.3 is 0 Å². The van der Waals surface area contributed by atoms with E-state index < -0.39 is 0 Å². The molecule has 0 amide bonds. The van der Waals surface area contributed by atoms with Crippen molar-refractivity contribution in [3.05, 3.63) is 65.9 Å². The zero-order valence-corrected chi connectivity index (χ0v) is 12.5. The first kappa shape index (κ1) is 12.6. The summed E-state index contributed by atoms with van der Waals surface area (Å²) in [6, 6.07) is 15.8. The lowest BCUT2D eigenvalue weighted by Gasteiger charge is -1.96. The number of fused-ring (bicyclic) bond motifs is 1. The molecule has 0 aliphatic carbocycles. The summed E-state index contributed by atoms with van der Waals surface area (Å²) in [5.41, 5.74) is 3.14. The van der Waals surface area contributed by atoms with Crippen molar-refractivity contribution in [2.45, 2.75) is 0 Å². The van der Waals surface area contributed by atoms with E-state index in [9.17, 15) is 0 Å². The summed E-state index contributed by atoms with van der Waals surface area (Å²) in [6.07, 6.45) is 3.83. The van der Waals surface area contributed by atoms with Crippen LogP contribution >= 0.6 is 22.9 Å². The lowest BCUT2D eigenvalue weighted by atomic mass is 10.1. The Morgan fingerprint density at radius 1 is 0.952 bits per heavy atom. The maximum atomic E-state index is 5.92. The highest BCUT2D eigenvalue weighted by Gasteiger charge is 2.08. The maximum Gasteiger partial charge on any atom is 0.211 e. The van der Waals surface area contributed by atoms with Gasteiger partial charge in [0, 0.05) is 16.8 Å². The van der Waals surface area contributed by atoms with E-state index in [1.165, 1.54) is 0 Å². The van der Waals surface area contributed by atoms with Gasteiger partial charge in [0.1, 0.15) is 0 Å². The molecule has 0 aliphatic rings. The number of aromatic nitrogens is 3. The van der Waals surface area contributed by atoms with E-state index in [-0.39, 0.29) is 0 Å². The number of benzene rings is 2. The third-order valence-electron chi connectivity index (χ3n) is 3.24. The minimum atomic E-state index is 0.734. The van der Waals surface area contributed by atoms with Crippen molar-refractivity contribution in [3.63, 3.8) is 0 Å². The fourth-order valence-electron chi connectivity index (χ4n) is 2.18. The quantitative estimate of drug-likeness (QED) is 0.532. The van der Waals surface area contributed by atoms with Crippen LogP contribution in [-0.4, -0.2) is 14.8 Å². The zero-order valence-electron chi connectivity index (χ0n) is 10.9. The number of para-hydroxylation sites is 1. The molecule has 0 atom stereocenters. The van der Waals surface area contributed by atoms with Crippen molar-refractivity contribution in [1.82, 2.24) is 14.8 Å². The zero-order chi connectivity index (χ0) is 14.2. The Labute approximate surface area is 130 Å². The van der Waals surface area contributed by atoms with Crippen LogP contribution in [0.4, 0.5) is 0 Å². The smallest absolute Gasteiger partial charge is 0.211 e. The Morgan fingerprint density at radius 3 is 2.57 bits per heavy atom. The molecule has 2 aromatic carbocycles. The second kappa shape index (κ2) is 4.98. The minimum absolute atomic E-state index is 0.734. The Morgan fingerprint density at radius 2 is 1.76 bits per heavy atom. The number of rotatable bonds is 2. The topological polar surface area (TPSA) is 30.7 Å². The highest BCUT2D eigenvalue weighted by atomic mass is 35.5. The van der Waals surface area contributed by atoms with Gasteiger partial charge in [-0.15, -0.1) is 0 Å². The van der Waals surface area contributed by atoms with E-state index in [1.54, 1.807) is 11.3 Å². The van der Waals surface area contributed by atoms with Gasteiger partial charge in [0.15, 0.2) is 0 Å². The SMILES string of the molecule is Clc1ccc(-c2cnn(-c3nc4ccccc4s3)c2)cc1. The van der Waals surface area contributed by atoms with Crippen LogP contribution in [0.25, 0.3) is 26.5 Å². The summed E-state index contributed by atoms with van der Waals surface area (Å²) in [7, 11) is 0. The average molecular weight is 312 g/mol. The second-order valence-corrected chi connectivity index (χ2v) is 6.09. The molecule has 0 N–H and O–H groups in total. The van der Waals surface area contributed by atoms with Gasteiger partial charge in [0.2, 0.25) is 5.13 Å². The highest BCUT2D eigenvalue weighted by Crippen LogP contribution is 2.26. The number of hydrogen-bond acceptors (Lipinski definition) is 3. The van der Waals surface area contributed by atoms with E-state index in [0.29, 0.717) is 0 Å². The molecule has 2 heterocycles. The highest BCUT2D eigenvalue weighted by molar-refractivity contribution is 7.20. The number of halogens is 1. The third kappa shape index (κ3) is 2.33. The van der Waals surface area contributed by atoms with Crippen LogP contribution in [0.5, 0.6) is 0 Å². The van der Waals surface area contributed by atoms with Gasteiger partial charge in [-0.05, 0) is 29.8 Å². The first-order chi connectivity index (χ1) is 10.3. The Bertz CT molecular complexity index is 876. The molecule has 0 bridgehead atoms. The van der Waals surface area contributed by atoms with Gasteiger partial charge in [-0.2, -0.15) is 5.10 Å². The lowest BCUT2D eigenvalue weighted by molar-refractivity contribution is 0.873. The summed E-state index contributed by atoms with van der Waals surface area (Å²) < 4.78 is 2.98. The van der Waals surface area contributed by atoms with Crippen LogP contribution in [0.15, 0.2) is 60.9 Å². The van der Waals surface area contributed by atoms with Crippen molar-refractivity contribution in [2.75, 3.05) is 0 Å². The van der Waals surface area contributed by atoms with Gasteiger partial charge in [-0.25, -0.2) is 9.67 Å². The molecule has 0 radical (unpaired) electrons. The predicted molar refractivity (Wildman–Crippen MR) is 87.2 cm³/mol. The van der Waals surface area contributed by atoms with Crippen molar-refractivity contribution < 1.29 is 0 Å². The van der Waals surface area contributed by atoms with Crippen LogP contribution in [0, 0.1) is 0 Å². The molecular weight excluding hydrogens is 302 g/mol. The molecule has 21 heavy (non-hydrogen) atoms. The summed E-state index contributed by atoms with van der Waals surface area (Å²) >= 11 is 7.55. The Kier molecular flexibility index (Phi) is 2.98. The van der Waals surface area contributed by atoms with E-state index in [0.717, 1.165) is 31.5 Å². The first-order valence-electron chi connectivity index (χ1n) is 6.46. The average Bonchev–Trinajstić information content (AvgIpc) is 3.14.